The molecule has 0 atom stereocenters. The fraction of sp³-hybridized carbons (Fsp3) is 0.333. The van der Waals surface area contributed by atoms with Gasteiger partial charge in [-0.15, -0.1) is 10.2 Å². The predicted octanol–water partition coefficient (Wildman–Crippen LogP) is 0.993. The molecule has 0 aliphatic rings. The van der Waals surface area contributed by atoms with Crippen LogP contribution >= 0.6 is 0 Å². The van der Waals surface area contributed by atoms with Gasteiger partial charge < -0.3 is 4.57 Å². The molecule has 2 rings (SSSR count). The lowest BCUT2D eigenvalue weighted by atomic mass is 10.2. The van der Waals surface area contributed by atoms with Gasteiger partial charge in [-0.1, -0.05) is 6.07 Å². The van der Waals surface area contributed by atoms with Crippen LogP contribution in [0.2, 0.25) is 0 Å². The van der Waals surface area contributed by atoms with Gasteiger partial charge in [0, 0.05) is 18.2 Å². The van der Waals surface area contributed by atoms with Gasteiger partial charge >= 0.3 is 0 Å². The average molecular weight is 325 g/mol. The number of aromatic nitrogens is 3. The molecule has 0 aliphatic carbocycles. The Balaban J connectivity index is 2.24. The SMILES string of the molecule is CCn1cnnc1CNS(=O)(=O)c1ccc(C)c([N+](=O)[O-])c1. The maximum Gasteiger partial charge on any atom is 0.273 e. The van der Waals surface area contributed by atoms with E-state index in [4.69, 9.17) is 0 Å². The zero-order chi connectivity index (χ0) is 16.3. The first-order valence-corrected chi connectivity index (χ1v) is 7.95. The molecule has 118 valence electrons. The van der Waals surface area contributed by atoms with Crippen LogP contribution in [0.5, 0.6) is 0 Å². The van der Waals surface area contributed by atoms with Crippen molar-refractivity contribution >= 4 is 15.7 Å². The van der Waals surface area contributed by atoms with Crippen molar-refractivity contribution < 1.29 is 13.3 Å². The number of hydrogen-bond donors (Lipinski definition) is 1. The van der Waals surface area contributed by atoms with Crippen LogP contribution in [0.25, 0.3) is 0 Å². The Hall–Kier alpha value is -2.33. The van der Waals surface area contributed by atoms with Crippen molar-refractivity contribution in [3.8, 4) is 0 Å². The molecular formula is C12H15N5O4S. The molecule has 2 aromatic rings. The number of hydrogen-bond acceptors (Lipinski definition) is 6. The summed E-state index contributed by atoms with van der Waals surface area (Å²) in [6.45, 7) is 3.99. The lowest BCUT2D eigenvalue weighted by molar-refractivity contribution is -0.385. The van der Waals surface area contributed by atoms with Crippen molar-refractivity contribution in [1.29, 1.82) is 0 Å². The van der Waals surface area contributed by atoms with Gasteiger partial charge in [-0.25, -0.2) is 13.1 Å². The molecule has 0 saturated heterocycles. The molecule has 0 unspecified atom stereocenters. The molecule has 1 heterocycles. The minimum atomic E-state index is -3.87. The molecule has 10 heteroatoms. The van der Waals surface area contributed by atoms with Gasteiger partial charge in [-0.05, 0) is 19.9 Å². The van der Waals surface area contributed by atoms with Crippen LogP contribution in [0.15, 0.2) is 29.4 Å². The van der Waals surface area contributed by atoms with Gasteiger partial charge in [0.25, 0.3) is 5.69 Å². The number of nitro groups is 1. The van der Waals surface area contributed by atoms with Crippen LogP contribution in [-0.4, -0.2) is 28.1 Å². The summed E-state index contributed by atoms with van der Waals surface area (Å²) in [7, 11) is -3.87. The zero-order valence-electron chi connectivity index (χ0n) is 12.1. The van der Waals surface area contributed by atoms with Gasteiger partial charge in [-0.3, -0.25) is 10.1 Å². The van der Waals surface area contributed by atoms with E-state index < -0.39 is 14.9 Å². The lowest BCUT2D eigenvalue weighted by Gasteiger charge is -2.08. The largest absolute Gasteiger partial charge is 0.317 e. The third-order valence-corrected chi connectivity index (χ3v) is 4.54. The van der Waals surface area contributed by atoms with E-state index in [0.717, 1.165) is 6.07 Å². The summed E-state index contributed by atoms with van der Waals surface area (Å²) in [5, 5.41) is 18.4. The van der Waals surface area contributed by atoms with E-state index in [-0.39, 0.29) is 17.1 Å². The van der Waals surface area contributed by atoms with Crippen LogP contribution in [0.4, 0.5) is 5.69 Å². The Morgan fingerprint density at radius 2 is 2.14 bits per heavy atom. The van der Waals surface area contributed by atoms with Crippen molar-refractivity contribution in [2.45, 2.75) is 31.8 Å². The van der Waals surface area contributed by atoms with E-state index in [1.54, 1.807) is 11.5 Å². The van der Waals surface area contributed by atoms with E-state index in [1.165, 1.54) is 18.5 Å². The number of nitrogens with one attached hydrogen (secondary N) is 1. The molecule has 9 nitrogen and oxygen atoms in total. The molecule has 1 aromatic carbocycles. The highest BCUT2D eigenvalue weighted by Gasteiger charge is 2.20. The van der Waals surface area contributed by atoms with Gasteiger partial charge in [0.05, 0.1) is 16.4 Å². The number of nitro benzene ring substituents is 1. The van der Waals surface area contributed by atoms with E-state index in [0.29, 0.717) is 17.9 Å². The second kappa shape index (κ2) is 6.20. The summed E-state index contributed by atoms with van der Waals surface area (Å²) >= 11 is 0. The van der Waals surface area contributed by atoms with Crippen LogP contribution in [-0.2, 0) is 23.1 Å². The summed E-state index contributed by atoms with van der Waals surface area (Å²) < 4.78 is 28.5. The molecule has 22 heavy (non-hydrogen) atoms. The minimum absolute atomic E-state index is 0.0438. The van der Waals surface area contributed by atoms with Crippen LogP contribution in [0.1, 0.15) is 18.3 Å². The van der Waals surface area contributed by atoms with E-state index in [1.807, 2.05) is 6.92 Å². The standard InChI is InChI=1S/C12H15N5O4S/c1-3-16-8-13-15-12(16)7-14-22(20,21)10-5-4-9(2)11(6-10)17(18)19/h4-6,8,14H,3,7H2,1-2H3. The van der Waals surface area contributed by atoms with E-state index >= 15 is 0 Å². The van der Waals surface area contributed by atoms with Gasteiger partial charge in [0.2, 0.25) is 10.0 Å². The third-order valence-electron chi connectivity index (χ3n) is 3.14. The third kappa shape index (κ3) is 3.28. The zero-order valence-corrected chi connectivity index (χ0v) is 12.9. The van der Waals surface area contributed by atoms with Crippen molar-refractivity contribution in [3.63, 3.8) is 0 Å². The quantitative estimate of drug-likeness (QED) is 0.624. The maximum absolute atomic E-state index is 12.2. The molecule has 0 spiro atoms. The summed E-state index contributed by atoms with van der Waals surface area (Å²) in [5.74, 6) is 0.465. The predicted molar refractivity (Wildman–Crippen MR) is 77.6 cm³/mol. The fourth-order valence-corrected chi connectivity index (χ4v) is 2.88. The summed E-state index contributed by atoms with van der Waals surface area (Å²) in [4.78, 5) is 10.1. The first-order chi connectivity index (χ1) is 10.3. The topological polar surface area (TPSA) is 120 Å². The van der Waals surface area contributed by atoms with Gasteiger partial charge in [0.1, 0.15) is 12.2 Å². The van der Waals surface area contributed by atoms with Crippen molar-refractivity contribution in [3.05, 3.63) is 46.0 Å². The number of rotatable bonds is 6. The second-order valence-corrected chi connectivity index (χ2v) is 6.33. The number of sulfonamides is 1. The molecule has 1 N–H and O–H groups in total. The number of nitrogens with zero attached hydrogens (tertiary/aromatic N) is 4. The summed E-state index contributed by atoms with van der Waals surface area (Å²) in [6, 6.07) is 3.78. The minimum Gasteiger partial charge on any atom is -0.317 e. The Kier molecular flexibility index (Phi) is 4.52. The Labute approximate surface area is 127 Å². The average Bonchev–Trinajstić information content (AvgIpc) is 2.92. The Bertz CT molecular complexity index is 800. The van der Waals surface area contributed by atoms with E-state index in [2.05, 4.69) is 14.9 Å². The van der Waals surface area contributed by atoms with Gasteiger partial charge in [0.15, 0.2) is 0 Å². The highest BCUT2D eigenvalue weighted by atomic mass is 32.2. The van der Waals surface area contributed by atoms with Crippen LogP contribution in [0.3, 0.4) is 0 Å². The highest BCUT2D eigenvalue weighted by Crippen LogP contribution is 2.22. The molecule has 0 saturated carbocycles. The van der Waals surface area contributed by atoms with Crippen LogP contribution < -0.4 is 4.72 Å². The Morgan fingerprint density at radius 3 is 2.77 bits per heavy atom. The molecule has 0 amide bonds. The first-order valence-electron chi connectivity index (χ1n) is 6.46. The van der Waals surface area contributed by atoms with Crippen LogP contribution in [0, 0.1) is 17.0 Å². The fourth-order valence-electron chi connectivity index (χ4n) is 1.88. The molecule has 0 radical (unpaired) electrons. The second-order valence-electron chi connectivity index (χ2n) is 4.56. The van der Waals surface area contributed by atoms with Crippen molar-refractivity contribution in [2.24, 2.45) is 0 Å². The maximum atomic E-state index is 12.2. The molecular weight excluding hydrogens is 310 g/mol. The van der Waals surface area contributed by atoms with Crippen molar-refractivity contribution in [2.75, 3.05) is 0 Å². The smallest absolute Gasteiger partial charge is 0.273 e. The molecule has 0 fully saturated rings. The monoisotopic (exact) mass is 325 g/mol. The summed E-state index contributed by atoms with van der Waals surface area (Å²) in [5.41, 5.74) is 0.161. The molecule has 1 aromatic heterocycles. The van der Waals surface area contributed by atoms with Gasteiger partial charge in [-0.2, -0.15) is 0 Å². The van der Waals surface area contributed by atoms with E-state index in [9.17, 15) is 18.5 Å². The van der Waals surface area contributed by atoms with Crippen molar-refractivity contribution in [1.82, 2.24) is 19.5 Å². The lowest BCUT2D eigenvalue weighted by Crippen LogP contribution is -2.25. The normalized spacial score (nSPS) is 11.5. The summed E-state index contributed by atoms with van der Waals surface area (Å²) in [6.07, 6.45) is 1.50. The molecule has 0 aliphatic heterocycles. The Morgan fingerprint density at radius 1 is 1.41 bits per heavy atom. The number of benzene rings is 1. The first kappa shape index (κ1) is 16.0. The highest BCUT2D eigenvalue weighted by molar-refractivity contribution is 7.89. The number of aryl methyl sites for hydroxylation is 2. The molecule has 0 bridgehead atoms.